The summed E-state index contributed by atoms with van der Waals surface area (Å²) < 4.78 is 0. The average Bonchev–Trinajstić information content (AvgIpc) is 3.56. The van der Waals surface area contributed by atoms with Gasteiger partial charge in [0.25, 0.3) is 0 Å². The van der Waals surface area contributed by atoms with Gasteiger partial charge in [0, 0.05) is 39.5 Å². The Morgan fingerprint density at radius 2 is 1.13 bits per heavy atom. The molecule has 62 heavy (non-hydrogen) atoms. The largest absolute Gasteiger partial charge is 0.372 e. The first kappa shape index (κ1) is 37.2. The number of pyridine rings is 2. The van der Waals surface area contributed by atoms with Crippen LogP contribution in [0.25, 0.3) is 87.9 Å². The fraction of sp³-hybridized carbons (Fsp3) is 0.0690. The molecular weight excluding hydrogens is 753 g/mol. The van der Waals surface area contributed by atoms with Crippen molar-refractivity contribution in [2.45, 2.75) is 26.8 Å². The third-order valence-corrected chi connectivity index (χ3v) is 12.4. The van der Waals surface area contributed by atoms with Crippen LogP contribution in [0.4, 0.5) is 0 Å². The molecule has 4 heterocycles. The topological polar surface area (TPSA) is 49.8 Å². The van der Waals surface area contributed by atoms with E-state index in [2.05, 4.69) is 212 Å². The minimum absolute atomic E-state index is 0.00717. The molecule has 12 rings (SSSR count). The number of aryl methyl sites for hydroxylation is 1. The van der Waals surface area contributed by atoms with E-state index in [1.165, 1.54) is 54.8 Å². The summed E-state index contributed by atoms with van der Waals surface area (Å²) in [6.45, 7) is 6.20. The Balaban J connectivity index is 0.00000213. The fourth-order valence-corrected chi connectivity index (χ4v) is 9.29. The molecular formula is C58H44N4. The van der Waals surface area contributed by atoms with Gasteiger partial charge in [-0.15, -0.1) is 0 Å². The molecule has 0 saturated carbocycles. The standard InChI is InChI=1S/C56H38N4.C2H6/c1-34-13-14-37-8-3-5-11-47(37)52(34)44-24-21-38-17-18-39-25-28-49(58-54(39)53(38)57-33-44)42-22-15-35-16-23-43(32-45(35)31-42)50-29-26-40-19-20-41-27-30-51(60-56(41)55(40)59-50)48-12-6-9-36-7-2-4-10-46(36)48;1-2/h2-33,54,57-58H,1H3;1-2H3. The summed E-state index contributed by atoms with van der Waals surface area (Å²) in [6.07, 6.45) is 15.6. The van der Waals surface area contributed by atoms with Gasteiger partial charge in [0.1, 0.15) is 0 Å². The quantitative estimate of drug-likeness (QED) is 0.174. The van der Waals surface area contributed by atoms with E-state index in [9.17, 15) is 0 Å². The maximum atomic E-state index is 5.30. The number of hydrogen-bond acceptors (Lipinski definition) is 4. The minimum Gasteiger partial charge on any atom is -0.372 e. The van der Waals surface area contributed by atoms with Gasteiger partial charge >= 0.3 is 0 Å². The summed E-state index contributed by atoms with van der Waals surface area (Å²) in [4.78, 5) is 10.6. The molecule has 3 aliphatic rings. The molecule has 0 bridgehead atoms. The van der Waals surface area contributed by atoms with Crippen molar-refractivity contribution in [3.63, 3.8) is 0 Å². The Morgan fingerprint density at radius 1 is 0.500 bits per heavy atom. The highest BCUT2D eigenvalue weighted by atomic mass is 15.0. The summed E-state index contributed by atoms with van der Waals surface area (Å²) >= 11 is 0. The molecule has 296 valence electrons. The average molecular weight is 797 g/mol. The fourth-order valence-electron chi connectivity index (χ4n) is 9.29. The Kier molecular flexibility index (Phi) is 9.20. The second-order valence-electron chi connectivity index (χ2n) is 16.0. The number of nitrogens with one attached hydrogen (secondary N) is 2. The van der Waals surface area contributed by atoms with Crippen LogP contribution in [0, 0.1) is 6.92 Å². The lowest BCUT2D eigenvalue weighted by Crippen LogP contribution is -2.39. The van der Waals surface area contributed by atoms with Crippen molar-refractivity contribution < 1.29 is 0 Å². The van der Waals surface area contributed by atoms with Gasteiger partial charge < -0.3 is 10.6 Å². The smallest absolute Gasteiger partial charge is 0.0972 e. The third-order valence-electron chi connectivity index (χ3n) is 12.4. The molecule has 0 spiro atoms. The number of nitrogens with zero attached hydrogens (tertiary/aromatic N) is 2. The number of allylic oxidation sites excluding steroid dienone is 7. The van der Waals surface area contributed by atoms with E-state index in [0.29, 0.717) is 0 Å². The van der Waals surface area contributed by atoms with E-state index >= 15 is 0 Å². The molecule has 0 fully saturated rings. The molecule has 2 N–H and O–H groups in total. The van der Waals surface area contributed by atoms with Crippen LogP contribution in [-0.2, 0) is 0 Å². The van der Waals surface area contributed by atoms with Crippen LogP contribution in [0.5, 0.6) is 0 Å². The van der Waals surface area contributed by atoms with Crippen molar-refractivity contribution in [2.24, 2.45) is 0 Å². The van der Waals surface area contributed by atoms with Gasteiger partial charge in [-0.05, 0) is 103 Å². The van der Waals surface area contributed by atoms with Gasteiger partial charge in [-0.3, -0.25) is 0 Å². The van der Waals surface area contributed by atoms with Crippen molar-refractivity contribution in [2.75, 3.05) is 0 Å². The molecule has 1 unspecified atom stereocenters. The van der Waals surface area contributed by atoms with Crippen LogP contribution in [0.2, 0.25) is 0 Å². The van der Waals surface area contributed by atoms with Crippen molar-refractivity contribution >= 4 is 65.4 Å². The zero-order valence-electron chi connectivity index (χ0n) is 34.9. The molecule has 9 aromatic rings. The SMILES string of the molecule is CC.Cc1ccc2ccccc2c1C1=CNC2=C(C=C1)C=CC1=CC=C(c3ccc4ccc(-c5ccc6ccc7ccc(-c8cccc9ccccc89)nc7c6n5)cc4c3)NC12. The molecule has 7 aromatic carbocycles. The second-order valence-corrected chi connectivity index (χ2v) is 16.0. The van der Waals surface area contributed by atoms with E-state index in [-0.39, 0.29) is 6.04 Å². The van der Waals surface area contributed by atoms with Gasteiger partial charge in [-0.2, -0.15) is 0 Å². The lowest BCUT2D eigenvalue weighted by atomic mass is 9.89. The van der Waals surface area contributed by atoms with Crippen LogP contribution < -0.4 is 10.6 Å². The highest BCUT2D eigenvalue weighted by molar-refractivity contribution is 6.05. The van der Waals surface area contributed by atoms with Crippen LogP contribution in [0.3, 0.4) is 0 Å². The molecule has 1 aliphatic carbocycles. The van der Waals surface area contributed by atoms with Gasteiger partial charge in [0.05, 0.1) is 28.5 Å². The maximum Gasteiger partial charge on any atom is 0.0972 e. The Morgan fingerprint density at radius 3 is 1.95 bits per heavy atom. The lowest BCUT2D eigenvalue weighted by molar-refractivity contribution is 0.721. The predicted octanol–water partition coefficient (Wildman–Crippen LogP) is 14.2. The number of fused-ring (bicyclic) bond motifs is 8. The van der Waals surface area contributed by atoms with Gasteiger partial charge in [-0.25, -0.2) is 9.97 Å². The maximum absolute atomic E-state index is 5.30. The molecule has 2 aromatic heterocycles. The molecule has 0 saturated heterocycles. The summed E-state index contributed by atoms with van der Waals surface area (Å²) in [5.41, 5.74) is 15.4. The Hall–Kier alpha value is -7.82. The van der Waals surface area contributed by atoms with E-state index in [1.54, 1.807) is 0 Å². The summed E-state index contributed by atoms with van der Waals surface area (Å²) in [5.74, 6) is 0. The van der Waals surface area contributed by atoms with E-state index < -0.39 is 0 Å². The molecule has 0 radical (unpaired) electrons. The zero-order valence-corrected chi connectivity index (χ0v) is 34.9. The molecule has 1 atom stereocenters. The summed E-state index contributed by atoms with van der Waals surface area (Å²) in [5, 5.41) is 17.1. The number of rotatable bonds is 4. The van der Waals surface area contributed by atoms with Crippen LogP contribution in [0.1, 0.15) is 30.5 Å². The van der Waals surface area contributed by atoms with Crippen molar-refractivity contribution in [3.8, 4) is 22.5 Å². The zero-order chi connectivity index (χ0) is 41.7. The molecule has 4 nitrogen and oxygen atoms in total. The number of benzene rings is 7. The summed E-state index contributed by atoms with van der Waals surface area (Å²) in [7, 11) is 0. The Labute approximate surface area is 361 Å². The third kappa shape index (κ3) is 6.40. The first-order valence-corrected chi connectivity index (χ1v) is 21.6. The molecule has 0 amide bonds. The lowest BCUT2D eigenvalue weighted by Gasteiger charge is -2.31. The number of aromatic nitrogens is 2. The monoisotopic (exact) mass is 796 g/mol. The van der Waals surface area contributed by atoms with Crippen molar-refractivity contribution in [1.29, 1.82) is 0 Å². The second kappa shape index (κ2) is 15.3. The van der Waals surface area contributed by atoms with Gasteiger partial charge in [-0.1, -0.05) is 172 Å². The van der Waals surface area contributed by atoms with Crippen LogP contribution in [0.15, 0.2) is 211 Å². The van der Waals surface area contributed by atoms with Gasteiger partial charge in [0.15, 0.2) is 0 Å². The highest BCUT2D eigenvalue weighted by Gasteiger charge is 2.27. The van der Waals surface area contributed by atoms with Crippen molar-refractivity contribution in [1.82, 2.24) is 20.6 Å². The number of dihydropyridines is 1. The highest BCUT2D eigenvalue weighted by Crippen LogP contribution is 2.36. The van der Waals surface area contributed by atoms with Gasteiger partial charge in [0.2, 0.25) is 0 Å². The molecule has 4 heteroatoms. The van der Waals surface area contributed by atoms with E-state index in [0.717, 1.165) is 66.7 Å². The first-order chi connectivity index (χ1) is 30.6. The van der Waals surface area contributed by atoms with E-state index in [1.807, 2.05) is 13.8 Å². The number of hydrogen-bond donors (Lipinski definition) is 2. The Bertz CT molecular complexity index is 3500. The van der Waals surface area contributed by atoms with Crippen LogP contribution in [-0.4, -0.2) is 16.0 Å². The predicted molar refractivity (Wildman–Crippen MR) is 262 cm³/mol. The minimum atomic E-state index is -0.00717. The normalized spacial score (nSPS) is 15.5. The van der Waals surface area contributed by atoms with Crippen LogP contribution >= 0.6 is 0 Å². The first-order valence-electron chi connectivity index (χ1n) is 21.6. The molecule has 2 aliphatic heterocycles. The summed E-state index contributed by atoms with van der Waals surface area (Å²) in [6, 6.07) is 54.2. The van der Waals surface area contributed by atoms with Crippen molar-refractivity contribution in [3.05, 3.63) is 228 Å². The van der Waals surface area contributed by atoms with E-state index in [4.69, 9.17) is 9.97 Å².